The van der Waals surface area contributed by atoms with Crippen molar-refractivity contribution in [2.75, 3.05) is 18.0 Å². The first-order chi connectivity index (χ1) is 6.79. The number of nitrogens with zero attached hydrogens (tertiary/aromatic N) is 2. The Balaban J connectivity index is 2.09. The molecule has 0 radical (unpaired) electrons. The van der Waals surface area contributed by atoms with Crippen LogP contribution in [0.1, 0.15) is 19.0 Å². The molecule has 0 aliphatic carbocycles. The minimum Gasteiger partial charge on any atom is -0.370 e. The molecule has 3 heteroatoms. The van der Waals surface area contributed by atoms with Crippen LogP contribution in [0.4, 0.5) is 5.69 Å². The summed E-state index contributed by atoms with van der Waals surface area (Å²) in [5.74, 6) is 0.809. The van der Waals surface area contributed by atoms with E-state index in [0.29, 0.717) is 6.54 Å². The van der Waals surface area contributed by atoms with Crippen molar-refractivity contribution in [3.05, 3.63) is 24.0 Å². The van der Waals surface area contributed by atoms with Crippen molar-refractivity contribution < 1.29 is 0 Å². The van der Waals surface area contributed by atoms with E-state index in [1.54, 1.807) is 0 Å². The molecule has 0 amide bonds. The molecule has 3 nitrogen and oxygen atoms in total. The van der Waals surface area contributed by atoms with Crippen LogP contribution in [0.2, 0.25) is 0 Å². The maximum atomic E-state index is 5.50. The van der Waals surface area contributed by atoms with Crippen LogP contribution in [0, 0.1) is 5.92 Å². The summed E-state index contributed by atoms with van der Waals surface area (Å²) in [6.45, 7) is 5.13. The summed E-state index contributed by atoms with van der Waals surface area (Å²) in [6.07, 6.45) is 3.22. The summed E-state index contributed by atoms with van der Waals surface area (Å²) in [5, 5.41) is 0. The molecule has 1 aliphatic rings. The maximum Gasteiger partial charge on any atom is 0.0553 e. The van der Waals surface area contributed by atoms with Crippen molar-refractivity contribution in [2.45, 2.75) is 19.9 Å². The highest BCUT2D eigenvalue weighted by atomic mass is 15.2. The topological polar surface area (TPSA) is 42.1 Å². The van der Waals surface area contributed by atoms with Gasteiger partial charge in [-0.1, -0.05) is 6.92 Å². The van der Waals surface area contributed by atoms with Gasteiger partial charge in [0.2, 0.25) is 0 Å². The maximum absolute atomic E-state index is 5.50. The molecule has 2 rings (SSSR count). The first kappa shape index (κ1) is 9.46. The van der Waals surface area contributed by atoms with E-state index in [4.69, 9.17) is 5.73 Å². The molecule has 1 saturated heterocycles. The van der Waals surface area contributed by atoms with E-state index in [1.165, 1.54) is 12.1 Å². The van der Waals surface area contributed by atoms with Gasteiger partial charge in [0.25, 0.3) is 0 Å². The summed E-state index contributed by atoms with van der Waals surface area (Å²) >= 11 is 0. The first-order valence-electron chi connectivity index (χ1n) is 5.19. The fourth-order valence-corrected chi connectivity index (χ4v) is 1.89. The fourth-order valence-electron chi connectivity index (χ4n) is 1.89. The van der Waals surface area contributed by atoms with Gasteiger partial charge < -0.3 is 10.6 Å². The molecule has 1 fully saturated rings. The van der Waals surface area contributed by atoms with E-state index in [0.717, 1.165) is 24.7 Å². The lowest BCUT2D eigenvalue weighted by molar-refractivity contribution is 0.659. The van der Waals surface area contributed by atoms with Crippen LogP contribution in [0.3, 0.4) is 0 Å². The van der Waals surface area contributed by atoms with E-state index in [1.807, 2.05) is 12.3 Å². The fraction of sp³-hybridized carbons (Fsp3) is 0.545. The average molecular weight is 191 g/mol. The van der Waals surface area contributed by atoms with Gasteiger partial charge in [-0.3, -0.25) is 4.98 Å². The smallest absolute Gasteiger partial charge is 0.0553 e. The van der Waals surface area contributed by atoms with Crippen LogP contribution in [0.25, 0.3) is 0 Å². The molecule has 1 unspecified atom stereocenters. The predicted molar refractivity (Wildman–Crippen MR) is 58.1 cm³/mol. The summed E-state index contributed by atoms with van der Waals surface area (Å²) < 4.78 is 0. The number of pyridine rings is 1. The van der Waals surface area contributed by atoms with Gasteiger partial charge in [0.1, 0.15) is 0 Å². The molecule has 14 heavy (non-hydrogen) atoms. The lowest BCUT2D eigenvalue weighted by Crippen LogP contribution is -2.19. The molecule has 2 heterocycles. The zero-order valence-corrected chi connectivity index (χ0v) is 8.61. The van der Waals surface area contributed by atoms with E-state index < -0.39 is 0 Å². The SMILES string of the molecule is CC1CCN(c2ccc(CN)nc2)C1. The van der Waals surface area contributed by atoms with E-state index in [2.05, 4.69) is 22.9 Å². The largest absolute Gasteiger partial charge is 0.370 e. The number of aromatic nitrogens is 1. The lowest BCUT2D eigenvalue weighted by atomic mass is 10.2. The highest BCUT2D eigenvalue weighted by Gasteiger charge is 2.18. The summed E-state index contributed by atoms with van der Waals surface area (Å²) in [5.41, 5.74) is 7.69. The third-order valence-corrected chi connectivity index (χ3v) is 2.81. The van der Waals surface area contributed by atoms with Gasteiger partial charge in [-0.05, 0) is 24.5 Å². The normalized spacial score (nSPS) is 21.6. The van der Waals surface area contributed by atoms with Gasteiger partial charge >= 0.3 is 0 Å². The van der Waals surface area contributed by atoms with Crippen LogP contribution in [0.5, 0.6) is 0 Å². The van der Waals surface area contributed by atoms with Crippen LogP contribution >= 0.6 is 0 Å². The van der Waals surface area contributed by atoms with Crippen molar-refractivity contribution >= 4 is 5.69 Å². The number of nitrogens with two attached hydrogens (primary N) is 1. The Labute approximate surface area is 84.9 Å². The van der Waals surface area contributed by atoms with Gasteiger partial charge in [0, 0.05) is 19.6 Å². The van der Waals surface area contributed by atoms with Gasteiger partial charge in [0.15, 0.2) is 0 Å². The Morgan fingerprint density at radius 1 is 1.57 bits per heavy atom. The third kappa shape index (κ3) is 1.87. The minimum atomic E-state index is 0.524. The predicted octanol–water partition coefficient (Wildman–Crippen LogP) is 1.39. The summed E-state index contributed by atoms with van der Waals surface area (Å²) in [6, 6.07) is 4.13. The third-order valence-electron chi connectivity index (χ3n) is 2.81. The van der Waals surface area contributed by atoms with Crippen molar-refractivity contribution in [1.29, 1.82) is 0 Å². The number of hydrogen-bond donors (Lipinski definition) is 1. The van der Waals surface area contributed by atoms with E-state index in [9.17, 15) is 0 Å². The van der Waals surface area contributed by atoms with Crippen molar-refractivity contribution in [3.63, 3.8) is 0 Å². The molecular weight excluding hydrogens is 174 g/mol. The van der Waals surface area contributed by atoms with Crippen LogP contribution in [-0.4, -0.2) is 18.1 Å². The van der Waals surface area contributed by atoms with E-state index >= 15 is 0 Å². The zero-order chi connectivity index (χ0) is 9.97. The van der Waals surface area contributed by atoms with Gasteiger partial charge in [-0.25, -0.2) is 0 Å². The molecule has 0 saturated carbocycles. The molecule has 2 N–H and O–H groups in total. The Morgan fingerprint density at radius 2 is 2.43 bits per heavy atom. The van der Waals surface area contributed by atoms with Crippen LogP contribution < -0.4 is 10.6 Å². The van der Waals surface area contributed by atoms with Crippen LogP contribution in [-0.2, 0) is 6.54 Å². The summed E-state index contributed by atoms with van der Waals surface area (Å²) in [4.78, 5) is 6.69. The Kier molecular flexibility index (Phi) is 2.68. The Hall–Kier alpha value is -1.09. The lowest BCUT2D eigenvalue weighted by Gasteiger charge is -2.17. The average Bonchev–Trinajstić information content (AvgIpc) is 2.65. The molecular formula is C11H17N3. The minimum absolute atomic E-state index is 0.524. The second-order valence-corrected chi connectivity index (χ2v) is 4.05. The monoisotopic (exact) mass is 191 g/mol. The first-order valence-corrected chi connectivity index (χ1v) is 5.19. The Morgan fingerprint density at radius 3 is 2.93 bits per heavy atom. The van der Waals surface area contributed by atoms with Crippen LogP contribution in [0.15, 0.2) is 18.3 Å². The molecule has 1 aromatic rings. The van der Waals surface area contributed by atoms with Gasteiger partial charge in [0.05, 0.1) is 17.6 Å². The molecule has 1 aliphatic heterocycles. The number of hydrogen-bond acceptors (Lipinski definition) is 3. The van der Waals surface area contributed by atoms with Crippen molar-refractivity contribution in [3.8, 4) is 0 Å². The number of anilines is 1. The molecule has 1 atom stereocenters. The second kappa shape index (κ2) is 3.96. The quantitative estimate of drug-likeness (QED) is 0.768. The zero-order valence-electron chi connectivity index (χ0n) is 8.61. The van der Waals surface area contributed by atoms with Gasteiger partial charge in [-0.15, -0.1) is 0 Å². The highest BCUT2D eigenvalue weighted by Crippen LogP contribution is 2.22. The molecule has 0 aromatic carbocycles. The van der Waals surface area contributed by atoms with Gasteiger partial charge in [-0.2, -0.15) is 0 Å². The highest BCUT2D eigenvalue weighted by molar-refractivity contribution is 5.45. The molecule has 1 aromatic heterocycles. The summed E-state index contributed by atoms with van der Waals surface area (Å²) in [7, 11) is 0. The molecule has 76 valence electrons. The standard InChI is InChI=1S/C11H17N3/c1-9-4-5-14(8-9)11-3-2-10(6-12)13-7-11/h2-3,7,9H,4-6,8,12H2,1H3. The number of rotatable bonds is 2. The van der Waals surface area contributed by atoms with Crippen molar-refractivity contribution in [2.24, 2.45) is 11.7 Å². The molecule has 0 spiro atoms. The second-order valence-electron chi connectivity index (χ2n) is 4.05. The Bertz CT molecular complexity index is 294. The molecule has 0 bridgehead atoms. The van der Waals surface area contributed by atoms with E-state index in [-0.39, 0.29) is 0 Å². The van der Waals surface area contributed by atoms with Crippen molar-refractivity contribution in [1.82, 2.24) is 4.98 Å².